The van der Waals surface area contributed by atoms with Gasteiger partial charge in [-0.2, -0.15) is 0 Å². The Morgan fingerprint density at radius 1 is 1.17 bits per heavy atom. The summed E-state index contributed by atoms with van der Waals surface area (Å²) < 4.78 is 16.1. The summed E-state index contributed by atoms with van der Waals surface area (Å²) in [5.41, 5.74) is 0.0264. The summed E-state index contributed by atoms with van der Waals surface area (Å²) in [5.74, 6) is 2.90. The van der Waals surface area contributed by atoms with Gasteiger partial charge in [0.2, 0.25) is 6.29 Å². The first-order chi connectivity index (χ1) is 11.4. The average molecular weight is 354 g/mol. The molecule has 0 saturated carbocycles. The van der Waals surface area contributed by atoms with Crippen molar-refractivity contribution >= 4 is 16.9 Å². The van der Waals surface area contributed by atoms with Gasteiger partial charge in [-0.25, -0.2) is 4.79 Å². The van der Waals surface area contributed by atoms with Crippen LogP contribution in [0, 0.1) is 5.41 Å². The second-order valence-corrected chi connectivity index (χ2v) is 9.56. The van der Waals surface area contributed by atoms with E-state index >= 15 is 0 Å². The third-order valence-corrected chi connectivity index (χ3v) is 6.35. The minimum Gasteiger partial charge on any atom is -0.482 e. The van der Waals surface area contributed by atoms with Crippen molar-refractivity contribution in [3.05, 3.63) is 24.3 Å². The standard InChI is InChI=1S/C19H29O4S/c1-19(2,3)13-18(21-4)23-17(20)14-22-15-7-9-16(10-8-15)24-11-5-6-12-24/h7-10,18H,5-6,11-14H2,1-4H3/q+1. The molecule has 1 aliphatic rings. The summed E-state index contributed by atoms with van der Waals surface area (Å²) in [5, 5.41) is 0. The third kappa shape index (κ3) is 6.36. The summed E-state index contributed by atoms with van der Waals surface area (Å²) in [6.45, 7) is 6.14. The molecule has 0 radical (unpaired) electrons. The highest BCUT2D eigenvalue weighted by Gasteiger charge is 2.26. The van der Waals surface area contributed by atoms with Crippen LogP contribution in [0.3, 0.4) is 0 Å². The quantitative estimate of drug-likeness (QED) is 0.425. The normalized spacial score (nSPS) is 16.8. The second kappa shape index (κ2) is 8.77. The number of rotatable bonds is 7. The Kier molecular flexibility index (Phi) is 6.99. The van der Waals surface area contributed by atoms with Crippen LogP contribution < -0.4 is 4.74 Å². The molecule has 134 valence electrons. The van der Waals surface area contributed by atoms with Crippen LogP contribution in [0.25, 0.3) is 0 Å². The van der Waals surface area contributed by atoms with Crippen molar-refractivity contribution in [2.45, 2.75) is 51.2 Å². The molecule has 4 nitrogen and oxygen atoms in total. The molecule has 1 aromatic carbocycles. The van der Waals surface area contributed by atoms with Crippen LogP contribution in [0.5, 0.6) is 5.75 Å². The highest BCUT2D eigenvalue weighted by molar-refractivity contribution is 7.97. The van der Waals surface area contributed by atoms with Crippen LogP contribution in [-0.2, 0) is 25.2 Å². The SMILES string of the molecule is COC(CC(C)(C)C)OC(=O)COc1ccc([S+]2CCCC2)cc1. The number of carbonyl (C=O) groups excluding carboxylic acids is 1. The molecule has 1 aliphatic heterocycles. The molecule has 1 heterocycles. The predicted molar refractivity (Wildman–Crippen MR) is 97.5 cm³/mol. The Labute approximate surface area is 148 Å². The molecular weight excluding hydrogens is 324 g/mol. The summed E-state index contributed by atoms with van der Waals surface area (Å²) >= 11 is 0. The third-order valence-electron chi connectivity index (χ3n) is 3.85. The number of benzene rings is 1. The summed E-state index contributed by atoms with van der Waals surface area (Å²) in [7, 11) is 1.95. The largest absolute Gasteiger partial charge is 0.482 e. The van der Waals surface area contributed by atoms with Gasteiger partial charge in [-0.15, -0.1) is 0 Å². The van der Waals surface area contributed by atoms with E-state index in [1.54, 1.807) is 7.11 Å². The first-order valence-corrected chi connectivity index (χ1v) is 10.1. The Hall–Kier alpha value is -1.20. The molecule has 1 unspecified atom stereocenters. The molecule has 1 fully saturated rings. The zero-order valence-electron chi connectivity index (χ0n) is 15.2. The van der Waals surface area contributed by atoms with Crippen molar-refractivity contribution in [2.24, 2.45) is 5.41 Å². The lowest BCUT2D eigenvalue weighted by Gasteiger charge is -2.24. The Morgan fingerprint density at radius 3 is 2.33 bits per heavy atom. The van der Waals surface area contributed by atoms with E-state index in [-0.39, 0.29) is 12.0 Å². The minimum absolute atomic E-state index is 0.0264. The number of hydrogen-bond donors (Lipinski definition) is 0. The fraction of sp³-hybridized carbons (Fsp3) is 0.632. The van der Waals surface area contributed by atoms with Gasteiger partial charge in [0, 0.05) is 24.4 Å². The van der Waals surface area contributed by atoms with Gasteiger partial charge in [0.15, 0.2) is 11.5 Å². The van der Waals surface area contributed by atoms with Gasteiger partial charge in [0.25, 0.3) is 0 Å². The zero-order valence-corrected chi connectivity index (χ0v) is 16.0. The number of esters is 1. The van der Waals surface area contributed by atoms with Crippen molar-refractivity contribution in [3.8, 4) is 5.75 Å². The molecule has 0 N–H and O–H groups in total. The highest BCUT2D eigenvalue weighted by Crippen LogP contribution is 2.25. The van der Waals surface area contributed by atoms with Crippen molar-refractivity contribution in [3.63, 3.8) is 0 Å². The molecular formula is C19H29O4S+. The Morgan fingerprint density at radius 2 is 1.79 bits per heavy atom. The Balaban J connectivity index is 1.78. The molecule has 1 saturated heterocycles. The zero-order chi connectivity index (χ0) is 17.6. The van der Waals surface area contributed by atoms with Crippen molar-refractivity contribution in [1.29, 1.82) is 0 Å². The second-order valence-electron chi connectivity index (χ2n) is 7.29. The maximum Gasteiger partial charge on any atom is 0.346 e. The van der Waals surface area contributed by atoms with Crippen molar-refractivity contribution in [1.82, 2.24) is 0 Å². The topological polar surface area (TPSA) is 44.8 Å². The van der Waals surface area contributed by atoms with Crippen molar-refractivity contribution in [2.75, 3.05) is 25.2 Å². The van der Waals surface area contributed by atoms with Crippen LogP contribution in [0.1, 0.15) is 40.0 Å². The first kappa shape index (κ1) is 19.1. The van der Waals surface area contributed by atoms with E-state index in [2.05, 4.69) is 32.9 Å². The van der Waals surface area contributed by atoms with E-state index in [9.17, 15) is 4.79 Å². The number of carbonyl (C=O) groups is 1. The molecule has 0 aromatic heterocycles. The summed E-state index contributed by atoms with van der Waals surface area (Å²) in [6, 6.07) is 8.12. The lowest BCUT2D eigenvalue weighted by atomic mass is 9.92. The van der Waals surface area contributed by atoms with E-state index in [4.69, 9.17) is 14.2 Å². The van der Waals surface area contributed by atoms with Gasteiger partial charge in [-0.1, -0.05) is 20.8 Å². The lowest BCUT2D eigenvalue weighted by molar-refractivity contribution is -0.180. The van der Waals surface area contributed by atoms with E-state index < -0.39 is 12.3 Å². The maximum absolute atomic E-state index is 11.9. The molecule has 0 amide bonds. The molecule has 0 bridgehead atoms. The Bertz CT molecular complexity index is 515. The molecule has 1 aromatic rings. The van der Waals surface area contributed by atoms with Crippen molar-refractivity contribution < 1.29 is 19.0 Å². The van der Waals surface area contributed by atoms with E-state index in [1.165, 1.54) is 29.2 Å². The van der Waals surface area contributed by atoms with E-state index in [0.717, 1.165) is 0 Å². The van der Waals surface area contributed by atoms with Gasteiger partial charge >= 0.3 is 5.97 Å². The number of hydrogen-bond acceptors (Lipinski definition) is 4. The minimum atomic E-state index is -0.535. The molecule has 24 heavy (non-hydrogen) atoms. The van der Waals surface area contributed by atoms with Gasteiger partial charge in [0.05, 0.1) is 0 Å². The summed E-state index contributed by atoms with van der Waals surface area (Å²) in [6.07, 6.45) is 2.78. The fourth-order valence-corrected chi connectivity index (χ4v) is 4.92. The molecule has 1 atom stereocenters. The maximum atomic E-state index is 11.9. The lowest BCUT2D eigenvalue weighted by Crippen LogP contribution is -2.28. The molecule has 5 heteroatoms. The smallest absolute Gasteiger partial charge is 0.346 e. The van der Waals surface area contributed by atoms with Gasteiger partial charge in [-0.05, 0) is 42.5 Å². The van der Waals surface area contributed by atoms with Crippen LogP contribution in [0.4, 0.5) is 0 Å². The van der Waals surface area contributed by atoms with Crippen LogP contribution in [-0.4, -0.2) is 37.5 Å². The van der Waals surface area contributed by atoms with Gasteiger partial charge in [-0.3, -0.25) is 0 Å². The monoisotopic (exact) mass is 353 g/mol. The van der Waals surface area contributed by atoms with Gasteiger partial charge < -0.3 is 14.2 Å². The van der Waals surface area contributed by atoms with E-state index in [1.807, 2.05) is 12.1 Å². The van der Waals surface area contributed by atoms with Crippen LogP contribution >= 0.6 is 0 Å². The van der Waals surface area contributed by atoms with Crippen LogP contribution in [0.15, 0.2) is 29.2 Å². The molecule has 2 rings (SSSR count). The number of ether oxygens (including phenoxy) is 3. The fourth-order valence-electron chi connectivity index (χ4n) is 2.61. The molecule has 0 spiro atoms. The first-order valence-electron chi connectivity index (χ1n) is 8.50. The highest BCUT2D eigenvalue weighted by atomic mass is 32.2. The molecule has 0 aliphatic carbocycles. The summed E-state index contributed by atoms with van der Waals surface area (Å²) in [4.78, 5) is 13.3. The van der Waals surface area contributed by atoms with E-state index in [0.29, 0.717) is 23.1 Å². The number of methoxy groups -OCH3 is 1. The van der Waals surface area contributed by atoms with Crippen LogP contribution in [0.2, 0.25) is 0 Å². The van der Waals surface area contributed by atoms with Gasteiger partial charge in [0.1, 0.15) is 17.3 Å². The average Bonchev–Trinajstić information content (AvgIpc) is 3.06. The predicted octanol–water partition coefficient (Wildman–Crippen LogP) is 3.79.